The molecule has 0 aliphatic heterocycles. The van der Waals surface area contributed by atoms with Crippen molar-refractivity contribution in [3.8, 4) is 11.4 Å². The Labute approximate surface area is 171 Å². The third kappa shape index (κ3) is 3.23. The van der Waals surface area contributed by atoms with Crippen LogP contribution in [0.1, 0.15) is 28.5 Å². The first-order chi connectivity index (χ1) is 14.2. The molecule has 0 spiro atoms. The normalized spacial score (nSPS) is 13.9. The first-order valence-corrected chi connectivity index (χ1v) is 10.4. The van der Waals surface area contributed by atoms with Crippen molar-refractivity contribution < 1.29 is 4.79 Å². The lowest BCUT2D eigenvalue weighted by Gasteiger charge is -2.18. The fourth-order valence-corrected chi connectivity index (χ4v) is 5.09. The summed E-state index contributed by atoms with van der Waals surface area (Å²) in [4.78, 5) is 28.4. The van der Waals surface area contributed by atoms with E-state index in [1.807, 2.05) is 42.5 Å². The van der Waals surface area contributed by atoms with Crippen LogP contribution in [-0.2, 0) is 17.6 Å². The number of primary amides is 1. The second kappa shape index (κ2) is 7.25. The molecule has 1 aromatic carbocycles. The summed E-state index contributed by atoms with van der Waals surface area (Å²) in [5.41, 5.74) is 8.68. The average molecular weight is 401 g/mol. The number of hydrogen-bond acceptors (Lipinski definition) is 6. The molecule has 1 amide bonds. The van der Waals surface area contributed by atoms with Gasteiger partial charge in [0.1, 0.15) is 16.7 Å². The zero-order chi connectivity index (χ0) is 19.8. The van der Waals surface area contributed by atoms with Crippen molar-refractivity contribution in [2.45, 2.75) is 25.3 Å². The summed E-state index contributed by atoms with van der Waals surface area (Å²) in [6.45, 7) is 0. The summed E-state index contributed by atoms with van der Waals surface area (Å²) in [5, 5.41) is 4.34. The van der Waals surface area contributed by atoms with Gasteiger partial charge in [0.05, 0.1) is 5.39 Å². The molecule has 3 aromatic heterocycles. The maximum atomic E-state index is 12.3. The summed E-state index contributed by atoms with van der Waals surface area (Å²) in [5.74, 6) is 0.794. The van der Waals surface area contributed by atoms with Crippen LogP contribution in [-0.4, -0.2) is 20.9 Å². The fourth-order valence-electron chi connectivity index (χ4n) is 3.83. The second-order valence-electron chi connectivity index (χ2n) is 7.07. The second-order valence-corrected chi connectivity index (χ2v) is 8.15. The van der Waals surface area contributed by atoms with Gasteiger partial charge in [0.2, 0.25) is 5.91 Å². The third-order valence-corrected chi connectivity index (χ3v) is 6.37. The Morgan fingerprint density at radius 3 is 2.72 bits per heavy atom. The lowest BCUT2D eigenvalue weighted by Crippen LogP contribution is -2.28. The van der Waals surface area contributed by atoms with Crippen LogP contribution in [0.3, 0.4) is 0 Å². The Morgan fingerprint density at radius 1 is 1.10 bits per heavy atom. The first-order valence-electron chi connectivity index (χ1n) is 9.54. The number of nitrogens with one attached hydrogen (secondary N) is 1. The van der Waals surface area contributed by atoms with Crippen molar-refractivity contribution in [2.75, 3.05) is 5.32 Å². The minimum Gasteiger partial charge on any atom is -0.368 e. The van der Waals surface area contributed by atoms with Gasteiger partial charge in [-0.1, -0.05) is 30.3 Å². The number of thiophene rings is 1. The monoisotopic (exact) mass is 401 g/mol. The van der Waals surface area contributed by atoms with Gasteiger partial charge in [-0.05, 0) is 42.5 Å². The number of anilines is 1. The Balaban J connectivity index is 1.67. The Kier molecular flexibility index (Phi) is 4.44. The molecule has 0 saturated carbocycles. The number of nitrogens with zero attached hydrogens (tertiary/aromatic N) is 3. The largest absolute Gasteiger partial charge is 0.368 e. The van der Waals surface area contributed by atoms with E-state index in [2.05, 4.69) is 10.3 Å². The maximum Gasteiger partial charge on any atom is 0.244 e. The Bertz CT molecular complexity index is 1190. The number of amides is 1. The number of carbonyl (C=O) groups is 1. The van der Waals surface area contributed by atoms with E-state index in [4.69, 9.17) is 15.7 Å². The summed E-state index contributed by atoms with van der Waals surface area (Å²) in [7, 11) is 0. The van der Waals surface area contributed by atoms with Crippen LogP contribution >= 0.6 is 11.3 Å². The highest BCUT2D eigenvalue weighted by Gasteiger charge is 2.25. The van der Waals surface area contributed by atoms with Gasteiger partial charge in [0.25, 0.3) is 0 Å². The van der Waals surface area contributed by atoms with Crippen molar-refractivity contribution in [2.24, 2.45) is 5.73 Å². The van der Waals surface area contributed by atoms with Gasteiger partial charge in [-0.3, -0.25) is 9.78 Å². The average Bonchev–Trinajstić information content (AvgIpc) is 3.34. The predicted molar refractivity (Wildman–Crippen MR) is 115 cm³/mol. The van der Waals surface area contributed by atoms with Crippen molar-refractivity contribution in [3.05, 3.63) is 70.9 Å². The van der Waals surface area contributed by atoms with E-state index < -0.39 is 11.9 Å². The van der Waals surface area contributed by atoms with Crippen molar-refractivity contribution in [1.82, 2.24) is 15.0 Å². The summed E-state index contributed by atoms with van der Waals surface area (Å²) in [6, 6.07) is 12.6. The number of aryl methyl sites for hydroxylation is 2. The molecule has 3 N–H and O–H groups in total. The number of carbonyl (C=O) groups excluding carboxylic acids is 1. The summed E-state index contributed by atoms with van der Waals surface area (Å²) >= 11 is 1.71. The highest BCUT2D eigenvalue weighted by Crippen LogP contribution is 2.41. The molecule has 29 heavy (non-hydrogen) atoms. The van der Waals surface area contributed by atoms with Crippen molar-refractivity contribution in [3.63, 3.8) is 0 Å². The number of hydrogen-bond donors (Lipinski definition) is 2. The molecule has 1 aliphatic carbocycles. The number of fused-ring (bicyclic) bond motifs is 3. The zero-order valence-corrected chi connectivity index (χ0v) is 16.4. The van der Waals surface area contributed by atoms with Crippen LogP contribution in [0, 0.1) is 0 Å². The number of benzene rings is 1. The Morgan fingerprint density at radius 2 is 1.97 bits per heavy atom. The molecule has 7 heteroatoms. The molecular formula is C22H19N5OS. The van der Waals surface area contributed by atoms with Gasteiger partial charge in [-0.25, -0.2) is 9.97 Å². The fraction of sp³-hybridized carbons (Fsp3) is 0.182. The van der Waals surface area contributed by atoms with Crippen molar-refractivity contribution in [1.29, 1.82) is 0 Å². The molecule has 3 heterocycles. The van der Waals surface area contributed by atoms with E-state index in [1.54, 1.807) is 23.7 Å². The third-order valence-electron chi connectivity index (χ3n) is 5.18. The lowest BCUT2D eigenvalue weighted by atomic mass is 10.1. The molecule has 0 fully saturated rings. The van der Waals surface area contributed by atoms with Crippen molar-refractivity contribution >= 4 is 33.3 Å². The maximum absolute atomic E-state index is 12.3. The smallest absolute Gasteiger partial charge is 0.244 e. The van der Waals surface area contributed by atoms with Crippen LogP contribution in [0.15, 0.2) is 54.9 Å². The molecule has 5 rings (SSSR count). The van der Waals surface area contributed by atoms with E-state index in [9.17, 15) is 4.79 Å². The number of aromatic nitrogens is 3. The molecule has 4 aromatic rings. The van der Waals surface area contributed by atoms with Crippen LogP contribution in [0.4, 0.5) is 5.82 Å². The van der Waals surface area contributed by atoms with E-state index in [0.29, 0.717) is 11.6 Å². The molecule has 1 unspecified atom stereocenters. The molecule has 144 valence electrons. The van der Waals surface area contributed by atoms with Crippen LogP contribution in [0.2, 0.25) is 0 Å². The van der Waals surface area contributed by atoms with Gasteiger partial charge in [-0.2, -0.15) is 0 Å². The van der Waals surface area contributed by atoms with Gasteiger partial charge < -0.3 is 11.1 Å². The highest BCUT2D eigenvalue weighted by molar-refractivity contribution is 7.19. The zero-order valence-electron chi connectivity index (χ0n) is 15.6. The molecule has 0 radical (unpaired) electrons. The van der Waals surface area contributed by atoms with Gasteiger partial charge >= 0.3 is 0 Å². The molecule has 1 aliphatic rings. The summed E-state index contributed by atoms with van der Waals surface area (Å²) < 4.78 is 0. The number of rotatable bonds is 5. The molecule has 0 saturated heterocycles. The standard InChI is InChI=1S/C22H19N5OS/c23-19(28)18(13-6-2-1-3-7-13)25-21-17-15-9-4-10-16(15)29-22(17)27-20(26-21)14-8-5-11-24-12-14/h1-3,5-8,11-12,18H,4,9-10H2,(H2,23,28)(H,25,26,27). The molecule has 1 atom stereocenters. The topological polar surface area (TPSA) is 93.8 Å². The van der Waals surface area contributed by atoms with Crippen LogP contribution < -0.4 is 11.1 Å². The van der Waals surface area contributed by atoms with E-state index in [-0.39, 0.29) is 0 Å². The summed E-state index contributed by atoms with van der Waals surface area (Å²) in [6.07, 6.45) is 6.68. The molecular weight excluding hydrogens is 382 g/mol. The van der Waals surface area contributed by atoms with Crippen LogP contribution in [0.25, 0.3) is 21.6 Å². The molecule has 6 nitrogen and oxygen atoms in total. The highest BCUT2D eigenvalue weighted by atomic mass is 32.1. The SMILES string of the molecule is NC(=O)C(Nc1nc(-c2cccnc2)nc2sc3c(c12)CCC3)c1ccccc1. The lowest BCUT2D eigenvalue weighted by molar-refractivity contribution is -0.118. The minimum absolute atomic E-state index is 0.447. The minimum atomic E-state index is -0.673. The van der Waals surface area contributed by atoms with Gasteiger partial charge in [-0.15, -0.1) is 11.3 Å². The van der Waals surface area contributed by atoms with E-state index in [1.165, 1.54) is 10.4 Å². The van der Waals surface area contributed by atoms with E-state index in [0.717, 1.165) is 40.6 Å². The van der Waals surface area contributed by atoms with E-state index >= 15 is 0 Å². The molecule has 0 bridgehead atoms. The van der Waals surface area contributed by atoms with Crippen LogP contribution in [0.5, 0.6) is 0 Å². The Hall–Kier alpha value is -3.32. The number of nitrogens with two attached hydrogens (primary N) is 1. The van der Waals surface area contributed by atoms with Gasteiger partial charge in [0.15, 0.2) is 5.82 Å². The first kappa shape index (κ1) is 17.8. The number of pyridine rings is 1. The van der Waals surface area contributed by atoms with Gasteiger partial charge in [0, 0.05) is 22.8 Å². The quantitative estimate of drug-likeness (QED) is 0.529. The predicted octanol–water partition coefficient (Wildman–Crippen LogP) is 3.88.